The molecule has 1 fully saturated rings. The Morgan fingerprint density at radius 1 is 0.966 bits per heavy atom. The van der Waals surface area contributed by atoms with Crippen LogP contribution in [0.1, 0.15) is 24.8 Å². The molecule has 1 N–H and O–H groups in total. The normalized spacial score (nSPS) is 15.4. The lowest BCUT2D eigenvalue weighted by atomic mass is 10.1. The summed E-state index contributed by atoms with van der Waals surface area (Å²) < 4.78 is 4.68. The Bertz CT molecular complexity index is 984. The zero-order valence-corrected chi connectivity index (χ0v) is 18.2. The Morgan fingerprint density at radius 3 is 2.34 bits per heavy atom. The van der Waals surface area contributed by atoms with E-state index in [1.54, 1.807) is 0 Å². The number of nitrogens with zero attached hydrogens (tertiary/aromatic N) is 4. The second-order valence-corrected chi connectivity index (χ2v) is 8.40. The number of hydrogen-bond acceptors (Lipinski definition) is 3. The van der Waals surface area contributed by atoms with E-state index in [9.17, 15) is 0 Å². The van der Waals surface area contributed by atoms with E-state index in [0.29, 0.717) is 0 Å². The van der Waals surface area contributed by atoms with Gasteiger partial charge in [-0.2, -0.15) is 4.68 Å². The summed E-state index contributed by atoms with van der Waals surface area (Å²) in [5.74, 6) is 0.911. The molecule has 5 nitrogen and oxygen atoms in total. The summed E-state index contributed by atoms with van der Waals surface area (Å²) in [5, 5.41) is 4.78. The van der Waals surface area contributed by atoms with Crippen molar-refractivity contribution in [2.75, 3.05) is 25.0 Å². The van der Waals surface area contributed by atoms with Gasteiger partial charge in [-0.3, -0.25) is 0 Å². The fourth-order valence-electron chi connectivity index (χ4n) is 4.07. The highest BCUT2D eigenvalue weighted by molar-refractivity contribution is 7.71. The Hall–Kier alpha value is -2.44. The Kier molecular flexibility index (Phi) is 6.11. The maximum absolute atomic E-state index is 5.63. The van der Waals surface area contributed by atoms with Gasteiger partial charge in [0, 0.05) is 37.0 Å². The maximum atomic E-state index is 5.63. The number of aromatic nitrogens is 3. The Labute approximate surface area is 178 Å². The topological polar surface area (TPSA) is 30.4 Å². The van der Waals surface area contributed by atoms with Crippen LogP contribution in [0.4, 0.5) is 5.69 Å². The zero-order valence-electron chi connectivity index (χ0n) is 17.3. The van der Waals surface area contributed by atoms with Crippen LogP contribution in [-0.2, 0) is 20.3 Å². The maximum Gasteiger partial charge on any atom is 0.202 e. The third-order valence-electron chi connectivity index (χ3n) is 5.66. The number of nitrogens with one attached hydrogen (secondary N) is 1. The molecule has 1 aliphatic rings. The molecule has 152 valence electrons. The molecule has 0 aliphatic carbocycles. The summed E-state index contributed by atoms with van der Waals surface area (Å²) in [6.07, 6.45) is 3.99. The van der Waals surface area contributed by atoms with Gasteiger partial charge in [-0.15, -0.1) is 5.10 Å². The van der Waals surface area contributed by atoms with Crippen LogP contribution in [0, 0.1) is 4.77 Å². The summed E-state index contributed by atoms with van der Waals surface area (Å²) in [6, 6.07) is 19.3. The summed E-state index contributed by atoms with van der Waals surface area (Å²) >= 11 is 5.63. The minimum atomic E-state index is 0.743. The Balaban J connectivity index is 1.42. The molecule has 0 amide bonds. The van der Waals surface area contributed by atoms with Crippen LogP contribution in [-0.4, -0.2) is 34.5 Å². The van der Waals surface area contributed by atoms with E-state index in [1.807, 2.05) is 34.5 Å². The van der Waals surface area contributed by atoms with Gasteiger partial charge in [-0.25, -0.2) is 0 Å². The number of hydrogen-bond donors (Lipinski definition) is 1. The van der Waals surface area contributed by atoms with Gasteiger partial charge in [0.15, 0.2) is 12.5 Å². The number of rotatable bonds is 6. The van der Waals surface area contributed by atoms with Crippen molar-refractivity contribution in [2.45, 2.75) is 32.5 Å². The van der Waals surface area contributed by atoms with Gasteiger partial charge in [-0.1, -0.05) is 42.5 Å². The quantitative estimate of drug-likeness (QED) is 0.635. The highest BCUT2D eigenvalue weighted by atomic mass is 32.1. The average molecular weight is 409 g/mol. The SMILES string of the molecule is Cn1c(-c2ccccc2)nn(C[NH+](C)Cc2ccc(N3CCCCC3)cc2)c1=S. The molecule has 1 unspecified atom stereocenters. The molecular formula is C23H30N5S+. The van der Waals surface area contributed by atoms with Crippen molar-refractivity contribution in [2.24, 2.45) is 7.05 Å². The van der Waals surface area contributed by atoms with Crippen molar-refractivity contribution in [3.63, 3.8) is 0 Å². The first-order chi connectivity index (χ1) is 14.1. The molecule has 1 atom stereocenters. The largest absolute Gasteiger partial charge is 0.372 e. The predicted octanol–water partition coefficient (Wildman–Crippen LogP) is 3.28. The van der Waals surface area contributed by atoms with Crippen molar-refractivity contribution in [1.29, 1.82) is 0 Å². The number of piperidine rings is 1. The second-order valence-electron chi connectivity index (χ2n) is 8.04. The number of benzene rings is 2. The number of anilines is 1. The van der Waals surface area contributed by atoms with Crippen molar-refractivity contribution >= 4 is 17.9 Å². The molecule has 1 saturated heterocycles. The standard InChI is InChI=1S/C23H29N5S/c1-25(17-19-11-13-21(14-12-19)27-15-7-4-8-16-27)18-28-23(29)26(2)22(24-28)20-9-5-3-6-10-20/h3,5-6,9-14H,4,7-8,15-18H2,1-2H3/p+1. The van der Waals surface area contributed by atoms with E-state index < -0.39 is 0 Å². The van der Waals surface area contributed by atoms with Crippen LogP contribution in [0.2, 0.25) is 0 Å². The highest BCUT2D eigenvalue weighted by Gasteiger charge is 2.14. The minimum absolute atomic E-state index is 0.743. The lowest BCUT2D eigenvalue weighted by molar-refractivity contribution is -0.917. The number of quaternary nitrogens is 1. The van der Waals surface area contributed by atoms with E-state index >= 15 is 0 Å². The predicted molar refractivity (Wildman–Crippen MR) is 121 cm³/mol. The molecule has 29 heavy (non-hydrogen) atoms. The van der Waals surface area contributed by atoms with Crippen molar-refractivity contribution in [1.82, 2.24) is 14.3 Å². The van der Waals surface area contributed by atoms with Gasteiger partial charge >= 0.3 is 0 Å². The van der Waals surface area contributed by atoms with Gasteiger partial charge in [0.1, 0.15) is 6.54 Å². The smallest absolute Gasteiger partial charge is 0.202 e. The van der Waals surface area contributed by atoms with Gasteiger partial charge in [0.25, 0.3) is 0 Å². The molecule has 4 rings (SSSR count). The van der Waals surface area contributed by atoms with E-state index in [0.717, 1.165) is 29.4 Å². The monoisotopic (exact) mass is 408 g/mol. The van der Waals surface area contributed by atoms with Crippen molar-refractivity contribution in [3.8, 4) is 11.4 Å². The molecule has 3 aromatic rings. The minimum Gasteiger partial charge on any atom is -0.372 e. The lowest BCUT2D eigenvalue weighted by Crippen LogP contribution is -3.07. The van der Waals surface area contributed by atoms with Crippen LogP contribution in [0.3, 0.4) is 0 Å². The molecule has 2 heterocycles. The first kappa shape index (κ1) is 19.9. The molecule has 0 bridgehead atoms. The molecule has 0 saturated carbocycles. The van der Waals surface area contributed by atoms with Crippen LogP contribution < -0.4 is 9.80 Å². The Morgan fingerprint density at radius 2 is 1.66 bits per heavy atom. The third-order valence-corrected chi connectivity index (χ3v) is 6.14. The molecule has 1 aromatic heterocycles. The first-order valence-electron chi connectivity index (χ1n) is 10.5. The molecule has 0 spiro atoms. The van der Waals surface area contributed by atoms with Crippen LogP contribution in [0.5, 0.6) is 0 Å². The molecule has 6 heteroatoms. The van der Waals surface area contributed by atoms with Crippen LogP contribution >= 0.6 is 12.2 Å². The fourth-order valence-corrected chi connectivity index (χ4v) is 4.26. The van der Waals surface area contributed by atoms with Crippen LogP contribution in [0.15, 0.2) is 54.6 Å². The lowest BCUT2D eigenvalue weighted by Gasteiger charge is -2.28. The molecule has 0 radical (unpaired) electrons. The van der Waals surface area contributed by atoms with E-state index in [2.05, 4.69) is 48.3 Å². The first-order valence-corrected chi connectivity index (χ1v) is 10.9. The fraction of sp³-hybridized carbons (Fsp3) is 0.391. The van der Waals surface area contributed by atoms with Gasteiger partial charge in [-0.05, 0) is 43.6 Å². The van der Waals surface area contributed by atoms with Crippen molar-refractivity contribution in [3.05, 3.63) is 64.9 Å². The second kappa shape index (κ2) is 8.93. The third kappa shape index (κ3) is 4.60. The summed E-state index contributed by atoms with van der Waals surface area (Å²) in [5.41, 5.74) is 3.78. The zero-order chi connectivity index (χ0) is 20.2. The highest BCUT2D eigenvalue weighted by Crippen LogP contribution is 2.20. The van der Waals surface area contributed by atoms with Crippen LogP contribution in [0.25, 0.3) is 11.4 Å². The van der Waals surface area contributed by atoms with Gasteiger partial charge < -0.3 is 14.4 Å². The van der Waals surface area contributed by atoms with Gasteiger partial charge in [0.05, 0.1) is 7.05 Å². The summed E-state index contributed by atoms with van der Waals surface area (Å²) in [4.78, 5) is 3.85. The van der Waals surface area contributed by atoms with Crippen molar-refractivity contribution < 1.29 is 4.90 Å². The molecular weight excluding hydrogens is 378 g/mol. The molecule has 1 aliphatic heterocycles. The van der Waals surface area contributed by atoms with E-state index in [4.69, 9.17) is 17.3 Å². The van der Waals surface area contributed by atoms with E-state index in [1.165, 1.54) is 48.5 Å². The van der Waals surface area contributed by atoms with Gasteiger partial charge in [0.2, 0.25) is 4.77 Å². The average Bonchev–Trinajstić information content (AvgIpc) is 3.04. The van der Waals surface area contributed by atoms with E-state index in [-0.39, 0.29) is 0 Å². The summed E-state index contributed by atoms with van der Waals surface area (Å²) in [6.45, 7) is 4.06. The molecule has 2 aromatic carbocycles. The summed E-state index contributed by atoms with van der Waals surface area (Å²) in [7, 11) is 4.18.